The largest absolute Gasteiger partial charge is 0.497 e. The Bertz CT molecular complexity index is 909. The fourth-order valence-corrected chi connectivity index (χ4v) is 2.69. The first-order valence-electron chi connectivity index (χ1n) is 9.18. The molecule has 1 heterocycles. The van der Waals surface area contributed by atoms with Crippen LogP contribution in [0.5, 0.6) is 5.75 Å². The van der Waals surface area contributed by atoms with Crippen LogP contribution in [0.25, 0.3) is 0 Å². The number of ether oxygens (including phenoxy) is 1. The molecule has 0 aliphatic heterocycles. The van der Waals surface area contributed by atoms with Gasteiger partial charge in [0, 0.05) is 13.1 Å². The summed E-state index contributed by atoms with van der Waals surface area (Å²) in [5.74, 6) is 1.21. The summed E-state index contributed by atoms with van der Waals surface area (Å²) in [4.78, 5) is 12.2. The average Bonchev–Trinajstić information content (AvgIpc) is 2.74. The summed E-state index contributed by atoms with van der Waals surface area (Å²) in [6.07, 6.45) is 0.715. The molecule has 1 amide bonds. The van der Waals surface area contributed by atoms with E-state index in [0.29, 0.717) is 31.0 Å². The number of nitrogens with zero attached hydrogens (tertiary/aromatic N) is 2. The Morgan fingerprint density at radius 2 is 1.82 bits per heavy atom. The van der Waals surface area contributed by atoms with Crippen LogP contribution in [0, 0.1) is 6.92 Å². The van der Waals surface area contributed by atoms with Crippen LogP contribution >= 0.6 is 0 Å². The number of methoxy groups -OCH3 is 1. The van der Waals surface area contributed by atoms with Gasteiger partial charge in [0.25, 0.3) is 5.91 Å². The zero-order valence-corrected chi connectivity index (χ0v) is 16.1. The molecule has 3 aromatic rings. The standard InChI is InChI=1S/C22H24N4O2/c1-16-6-8-18(9-7-16)15-24-21-11-10-20(25-26-21)22(27)23-13-12-17-4-3-5-19(14-17)28-2/h3-11,14H,12-13,15H2,1-2H3,(H,23,27)(H,24,26). The number of hydrogen-bond acceptors (Lipinski definition) is 5. The van der Waals surface area contributed by atoms with Crippen molar-refractivity contribution in [1.29, 1.82) is 0 Å². The van der Waals surface area contributed by atoms with Crippen molar-refractivity contribution in [3.8, 4) is 5.75 Å². The van der Waals surface area contributed by atoms with Crippen molar-refractivity contribution in [1.82, 2.24) is 15.5 Å². The van der Waals surface area contributed by atoms with E-state index in [0.717, 1.165) is 16.9 Å². The number of aryl methyl sites for hydroxylation is 1. The van der Waals surface area contributed by atoms with E-state index in [9.17, 15) is 4.79 Å². The van der Waals surface area contributed by atoms with Crippen molar-refractivity contribution < 1.29 is 9.53 Å². The van der Waals surface area contributed by atoms with Crippen molar-refractivity contribution in [3.63, 3.8) is 0 Å². The van der Waals surface area contributed by atoms with Gasteiger partial charge in [-0.05, 0) is 48.7 Å². The summed E-state index contributed by atoms with van der Waals surface area (Å²) >= 11 is 0. The first-order valence-corrected chi connectivity index (χ1v) is 9.18. The van der Waals surface area contributed by atoms with Crippen molar-refractivity contribution in [2.45, 2.75) is 19.9 Å². The van der Waals surface area contributed by atoms with E-state index in [-0.39, 0.29) is 5.91 Å². The van der Waals surface area contributed by atoms with E-state index in [1.54, 1.807) is 19.2 Å². The van der Waals surface area contributed by atoms with Gasteiger partial charge in [-0.15, -0.1) is 10.2 Å². The van der Waals surface area contributed by atoms with Crippen LogP contribution in [-0.4, -0.2) is 29.8 Å². The second kappa shape index (κ2) is 9.50. The van der Waals surface area contributed by atoms with Crippen LogP contribution in [0.15, 0.2) is 60.7 Å². The van der Waals surface area contributed by atoms with Crippen molar-refractivity contribution >= 4 is 11.7 Å². The molecule has 0 saturated heterocycles. The van der Waals surface area contributed by atoms with Crippen molar-refractivity contribution in [2.75, 3.05) is 19.0 Å². The Kier molecular flexibility index (Phi) is 6.57. The summed E-state index contributed by atoms with van der Waals surface area (Å²) in [6, 6.07) is 19.5. The minimum atomic E-state index is -0.236. The van der Waals surface area contributed by atoms with E-state index in [4.69, 9.17) is 4.74 Å². The number of aromatic nitrogens is 2. The Morgan fingerprint density at radius 1 is 1.00 bits per heavy atom. The summed E-state index contributed by atoms with van der Waals surface area (Å²) < 4.78 is 5.20. The molecule has 0 aliphatic carbocycles. The predicted molar refractivity (Wildman–Crippen MR) is 110 cm³/mol. The highest BCUT2D eigenvalue weighted by Crippen LogP contribution is 2.12. The Morgan fingerprint density at radius 3 is 2.54 bits per heavy atom. The van der Waals surface area contributed by atoms with Gasteiger partial charge in [-0.3, -0.25) is 4.79 Å². The monoisotopic (exact) mass is 376 g/mol. The molecule has 3 rings (SSSR count). The Labute approximate surface area is 165 Å². The molecule has 6 nitrogen and oxygen atoms in total. The number of rotatable bonds is 8. The Balaban J connectivity index is 1.47. The van der Waals surface area contributed by atoms with Gasteiger partial charge in [0.1, 0.15) is 11.6 Å². The van der Waals surface area contributed by atoms with Gasteiger partial charge in [0.05, 0.1) is 7.11 Å². The molecule has 0 spiro atoms. The number of benzene rings is 2. The van der Waals surface area contributed by atoms with Crippen LogP contribution in [0.2, 0.25) is 0 Å². The molecule has 2 N–H and O–H groups in total. The molecular formula is C22H24N4O2. The van der Waals surface area contributed by atoms with Gasteiger partial charge in [0.15, 0.2) is 5.69 Å². The summed E-state index contributed by atoms with van der Waals surface area (Å²) in [5, 5.41) is 14.2. The maximum atomic E-state index is 12.2. The molecule has 0 radical (unpaired) electrons. The SMILES string of the molecule is COc1cccc(CCNC(=O)c2ccc(NCc3ccc(C)cc3)nn2)c1. The van der Waals surface area contributed by atoms with Gasteiger partial charge in [-0.25, -0.2) is 0 Å². The highest BCUT2D eigenvalue weighted by atomic mass is 16.5. The summed E-state index contributed by atoms with van der Waals surface area (Å²) in [5.41, 5.74) is 3.78. The van der Waals surface area contributed by atoms with Crippen LogP contribution in [0.1, 0.15) is 27.2 Å². The lowest BCUT2D eigenvalue weighted by atomic mass is 10.1. The molecule has 0 bridgehead atoms. The van der Waals surface area contributed by atoms with Crippen LogP contribution in [-0.2, 0) is 13.0 Å². The number of nitrogens with one attached hydrogen (secondary N) is 2. The van der Waals surface area contributed by atoms with E-state index < -0.39 is 0 Å². The number of amides is 1. The third kappa shape index (κ3) is 5.54. The molecule has 0 fully saturated rings. The van der Waals surface area contributed by atoms with Gasteiger partial charge in [-0.2, -0.15) is 0 Å². The molecule has 0 atom stereocenters. The molecule has 6 heteroatoms. The van der Waals surface area contributed by atoms with Crippen LogP contribution in [0.4, 0.5) is 5.82 Å². The van der Waals surface area contributed by atoms with Crippen molar-refractivity contribution in [3.05, 3.63) is 83.0 Å². The fourth-order valence-electron chi connectivity index (χ4n) is 2.69. The molecule has 1 aromatic heterocycles. The minimum absolute atomic E-state index is 0.236. The second-order valence-corrected chi connectivity index (χ2v) is 6.50. The smallest absolute Gasteiger partial charge is 0.271 e. The first-order chi connectivity index (χ1) is 13.6. The zero-order valence-electron chi connectivity index (χ0n) is 16.1. The third-order valence-corrected chi connectivity index (χ3v) is 4.32. The highest BCUT2D eigenvalue weighted by molar-refractivity contribution is 5.92. The van der Waals surface area contributed by atoms with Crippen LogP contribution in [0.3, 0.4) is 0 Å². The van der Waals surface area contributed by atoms with Gasteiger partial charge < -0.3 is 15.4 Å². The average molecular weight is 376 g/mol. The number of carbonyl (C=O) groups excluding carboxylic acids is 1. The molecule has 144 valence electrons. The molecule has 28 heavy (non-hydrogen) atoms. The number of carbonyl (C=O) groups is 1. The lowest BCUT2D eigenvalue weighted by Crippen LogP contribution is -2.26. The zero-order chi connectivity index (χ0) is 19.8. The normalized spacial score (nSPS) is 10.4. The van der Waals surface area contributed by atoms with E-state index in [1.165, 1.54) is 5.56 Å². The van der Waals surface area contributed by atoms with E-state index >= 15 is 0 Å². The molecule has 0 aliphatic rings. The Hall–Kier alpha value is -3.41. The van der Waals surface area contributed by atoms with E-state index in [2.05, 4.69) is 52.0 Å². The first kappa shape index (κ1) is 19.4. The quantitative estimate of drug-likeness (QED) is 0.630. The molecular weight excluding hydrogens is 352 g/mol. The second-order valence-electron chi connectivity index (χ2n) is 6.50. The molecule has 0 saturated carbocycles. The number of anilines is 1. The lowest BCUT2D eigenvalue weighted by Gasteiger charge is -2.08. The topological polar surface area (TPSA) is 76.1 Å². The van der Waals surface area contributed by atoms with Crippen molar-refractivity contribution in [2.24, 2.45) is 0 Å². The minimum Gasteiger partial charge on any atom is -0.497 e. The van der Waals surface area contributed by atoms with Gasteiger partial charge in [-0.1, -0.05) is 42.0 Å². The highest BCUT2D eigenvalue weighted by Gasteiger charge is 2.08. The lowest BCUT2D eigenvalue weighted by molar-refractivity contribution is 0.0948. The summed E-state index contributed by atoms with van der Waals surface area (Å²) in [7, 11) is 1.64. The van der Waals surface area contributed by atoms with Gasteiger partial charge >= 0.3 is 0 Å². The van der Waals surface area contributed by atoms with Crippen LogP contribution < -0.4 is 15.4 Å². The third-order valence-electron chi connectivity index (χ3n) is 4.32. The fraction of sp³-hybridized carbons (Fsp3) is 0.227. The van der Waals surface area contributed by atoms with E-state index in [1.807, 2.05) is 24.3 Å². The summed E-state index contributed by atoms with van der Waals surface area (Å²) in [6.45, 7) is 3.23. The van der Waals surface area contributed by atoms with Gasteiger partial charge in [0.2, 0.25) is 0 Å². The number of hydrogen-bond donors (Lipinski definition) is 2. The molecule has 2 aromatic carbocycles. The predicted octanol–water partition coefficient (Wildman–Crippen LogP) is 3.38. The molecule has 0 unspecified atom stereocenters. The maximum Gasteiger partial charge on any atom is 0.271 e. The maximum absolute atomic E-state index is 12.2.